The van der Waals surface area contributed by atoms with Gasteiger partial charge in [0, 0.05) is 36.0 Å². The van der Waals surface area contributed by atoms with Gasteiger partial charge in [-0.25, -0.2) is 0 Å². The Morgan fingerprint density at radius 2 is 2.03 bits per heavy atom. The lowest BCUT2D eigenvalue weighted by Gasteiger charge is -2.28. The SMILES string of the molecule is CC(C)C[C@H](CC(=O)O[C@H]1C2CO[C@H]3OCC1C3C2)C(=O)N[C@H](C#N)C[C@@H]1CCCC1=O. The fourth-order valence-corrected chi connectivity index (χ4v) is 5.96. The van der Waals surface area contributed by atoms with Crippen LogP contribution < -0.4 is 5.32 Å². The maximum atomic E-state index is 13.0. The average Bonchev–Trinajstić information content (AvgIpc) is 3.41. The highest BCUT2D eigenvalue weighted by Gasteiger charge is 2.56. The van der Waals surface area contributed by atoms with Crippen LogP contribution in [0.5, 0.6) is 0 Å². The Morgan fingerprint density at radius 1 is 1.25 bits per heavy atom. The smallest absolute Gasteiger partial charge is 0.306 e. The van der Waals surface area contributed by atoms with Crippen LogP contribution in [0.1, 0.15) is 58.8 Å². The van der Waals surface area contributed by atoms with Crippen LogP contribution in [0.25, 0.3) is 0 Å². The molecule has 0 radical (unpaired) electrons. The van der Waals surface area contributed by atoms with E-state index in [1.807, 2.05) is 13.8 Å². The molecule has 2 aliphatic heterocycles. The molecule has 8 atom stereocenters. The zero-order valence-corrected chi connectivity index (χ0v) is 19.0. The second kappa shape index (κ2) is 9.88. The van der Waals surface area contributed by atoms with E-state index in [1.54, 1.807) is 0 Å². The maximum absolute atomic E-state index is 13.0. The number of carbonyl (C=O) groups is 3. The summed E-state index contributed by atoms with van der Waals surface area (Å²) in [7, 11) is 0. The molecule has 8 heteroatoms. The van der Waals surface area contributed by atoms with Gasteiger partial charge in [0.2, 0.25) is 5.91 Å². The molecule has 4 aliphatic rings. The van der Waals surface area contributed by atoms with Gasteiger partial charge < -0.3 is 19.5 Å². The van der Waals surface area contributed by atoms with Crippen molar-refractivity contribution >= 4 is 17.7 Å². The number of nitrogens with zero attached hydrogens (tertiary/aromatic N) is 1. The minimum atomic E-state index is -0.723. The standard InChI is InChI=1S/C24H34N2O6/c1-13(2)6-15(23(29)26-17(10-25)7-14-4-3-5-20(14)27)9-21(28)32-22-16-8-18-19(22)12-31-24(18)30-11-16/h13-19,22,24H,3-9,11-12H2,1-2H3,(H,26,29)/t14-,15+,16?,17-,18?,19?,22-,24-/m0/s1. The van der Waals surface area contributed by atoms with E-state index in [-0.39, 0.29) is 66.1 Å². The third-order valence-corrected chi connectivity index (χ3v) is 7.52. The summed E-state index contributed by atoms with van der Waals surface area (Å²) in [6.07, 6.45) is 3.58. The van der Waals surface area contributed by atoms with Crippen molar-refractivity contribution in [2.75, 3.05) is 13.2 Å². The van der Waals surface area contributed by atoms with E-state index in [0.29, 0.717) is 32.5 Å². The van der Waals surface area contributed by atoms with Crippen molar-refractivity contribution in [2.24, 2.45) is 35.5 Å². The van der Waals surface area contributed by atoms with Crippen molar-refractivity contribution in [1.82, 2.24) is 5.32 Å². The molecule has 4 fully saturated rings. The Hall–Kier alpha value is -1.98. The van der Waals surface area contributed by atoms with E-state index in [4.69, 9.17) is 14.2 Å². The first-order chi connectivity index (χ1) is 15.4. The molecule has 2 saturated carbocycles. The van der Waals surface area contributed by atoms with Crippen LogP contribution in [-0.2, 0) is 28.6 Å². The molecule has 0 aromatic rings. The largest absolute Gasteiger partial charge is 0.462 e. The first-order valence-corrected chi connectivity index (χ1v) is 12.0. The summed E-state index contributed by atoms with van der Waals surface area (Å²) in [6.45, 7) is 5.08. The van der Waals surface area contributed by atoms with Gasteiger partial charge in [0.05, 0.1) is 25.7 Å². The Labute approximate surface area is 189 Å². The van der Waals surface area contributed by atoms with E-state index in [1.165, 1.54) is 0 Å². The summed E-state index contributed by atoms with van der Waals surface area (Å²) in [4.78, 5) is 37.8. The number of nitrogens with one attached hydrogen (secondary N) is 1. The molecule has 2 saturated heterocycles. The second-order valence-electron chi connectivity index (χ2n) is 10.3. The Morgan fingerprint density at radius 3 is 2.72 bits per heavy atom. The molecular formula is C24H34N2O6. The van der Waals surface area contributed by atoms with Crippen molar-refractivity contribution in [1.29, 1.82) is 5.26 Å². The van der Waals surface area contributed by atoms with Gasteiger partial charge in [0.1, 0.15) is 17.9 Å². The lowest BCUT2D eigenvalue weighted by atomic mass is 9.92. The van der Waals surface area contributed by atoms with E-state index in [2.05, 4.69) is 11.4 Å². The summed E-state index contributed by atoms with van der Waals surface area (Å²) in [5, 5.41) is 12.3. The molecule has 0 aromatic carbocycles. The number of ketones is 1. The van der Waals surface area contributed by atoms with Gasteiger partial charge in [0.15, 0.2) is 6.29 Å². The van der Waals surface area contributed by atoms with Gasteiger partial charge in [-0.15, -0.1) is 0 Å². The van der Waals surface area contributed by atoms with Crippen LogP contribution >= 0.6 is 0 Å². The van der Waals surface area contributed by atoms with E-state index < -0.39 is 12.0 Å². The normalized spacial score (nSPS) is 34.9. The van der Waals surface area contributed by atoms with E-state index in [0.717, 1.165) is 19.3 Å². The molecule has 2 bridgehead atoms. The fourth-order valence-electron chi connectivity index (χ4n) is 5.96. The number of nitriles is 1. The molecular weight excluding hydrogens is 412 g/mol. The third-order valence-electron chi connectivity index (χ3n) is 7.52. The summed E-state index contributed by atoms with van der Waals surface area (Å²) >= 11 is 0. The quantitative estimate of drug-likeness (QED) is 0.541. The fraction of sp³-hybridized carbons (Fsp3) is 0.833. The molecule has 1 N–H and O–H groups in total. The highest BCUT2D eigenvalue weighted by Crippen LogP contribution is 2.49. The van der Waals surface area contributed by atoms with Crippen LogP contribution in [0.3, 0.4) is 0 Å². The lowest BCUT2D eigenvalue weighted by molar-refractivity contribution is -0.178. The first-order valence-electron chi connectivity index (χ1n) is 12.0. The van der Waals surface area contributed by atoms with Gasteiger partial charge in [-0.1, -0.05) is 13.8 Å². The molecule has 2 heterocycles. The predicted molar refractivity (Wildman–Crippen MR) is 113 cm³/mol. The molecule has 2 aliphatic carbocycles. The van der Waals surface area contributed by atoms with Gasteiger partial charge in [-0.05, 0) is 38.0 Å². The maximum Gasteiger partial charge on any atom is 0.306 e. The van der Waals surface area contributed by atoms with Crippen LogP contribution in [0, 0.1) is 46.8 Å². The Bertz CT molecular complexity index is 777. The van der Waals surface area contributed by atoms with Crippen molar-refractivity contribution < 1.29 is 28.6 Å². The van der Waals surface area contributed by atoms with Gasteiger partial charge in [-0.3, -0.25) is 14.4 Å². The van der Waals surface area contributed by atoms with Crippen LogP contribution in [0.4, 0.5) is 0 Å². The van der Waals surface area contributed by atoms with Crippen LogP contribution in [-0.4, -0.2) is 49.3 Å². The number of rotatable bonds is 9. The monoisotopic (exact) mass is 446 g/mol. The molecule has 176 valence electrons. The van der Waals surface area contributed by atoms with Gasteiger partial charge in [-0.2, -0.15) is 5.26 Å². The molecule has 0 aromatic heterocycles. The predicted octanol–water partition coefficient (Wildman–Crippen LogP) is 2.36. The summed E-state index contributed by atoms with van der Waals surface area (Å²) in [5.41, 5.74) is 0. The number of amides is 1. The zero-order chi connectivity index (χ0) is 22.8. The van der Waals surface area contributed by atoms with Crippen molar-refractivity contribution in [3.8, 4) is 6.07 Å². The third kappa shape index (κ3) is 4.99. The van der Waals surface area contributed by atoms with E-state index >= 15 is 0 Å². The number of hydrogen-bond donors (Lipinski definition) is 1. The minimum absolute atomic E-state index is 0.0176. The summed E-state index contributed by atoms with van der Waals surface area (Å²) in [5.74, 6) is -0.395. The second-order valence-corrected chi connectivity index (χ2v) is 10.3. The molecule has 0 spiro atoms. The number of Topliss-reactive ketones (excluding diaryl/α,β-unsaturated/α-hetero) is 1. The molecule has 8 nitrogen and oxygen atoms in total. The van der Waals surface area contributed by atoms with E-state index in [9.17, 15) is 19.6 Å². The summed E-state index contributed by atoms with van der Waals surface area (Å²) < 4.78 is 17.3. The van der Waals surface area contributed by atoms with Crippen LogP contribution in [0.2, 0.25) is 0 Å². The number of ether oxygens (including phenoxy) is 3. The van der Waals surface area contributed by atoms with Gasteiger partial charge >= 0.3 is 5.97 Å². The first kappa shape index (κ1) is 23.2. The van der Waals surface area contributed by atoms with Crippen molar-refractivity contribution in [3.05, 3.63) is 0 Å². The Balaban J connectivity index is 1.34. The number of hydrogen-bond acceptors (Lipinski definition) is 7. The average molecular weight is 447 g/mol. The van der Waals surface area contributed by atoms with Crippen LogP contribution in [0.15, 0.2) is 0 Å². The molecule has 3 unspecified atom stereocenters. The zero-order valence-electron chi connectivity index (χ0n) is 19.0. The number of carbonyl (C=O) groups excluding carboxylic acids is 3. The molecule has 32 heavy (non-hydrogen) atoms. The topological polar surface area (TPSA) is 115 Å². The molecule has 1 amide bonds. The highest BCUT2D eigenvalue weighted by atomic mass is 16.7. The van der Waals surface area contributed by atoms with Crippen molar-refractivity contribution in [2.45, 2.75) is 77.2 Å². The number of fused-ring (bicyclic) bond motifs is 1. The number of esters is 1. The van der Waals surface area contributed by atoms with Gasteiger partial charge in [0.25, 0.3) is 0 Å². The minimum Gasteiger partial charge on any atom is -0.462 e. The molecule has 4 rings (SSSR count). The summed E-state index contributed by atoms with van der Waals surface area (Å²) in [6, 6.07) is 1.39. The Kier molecular flexibility index (Phi) is 7.16. The highest BCUT2D eigenvalue weighted by molar-refractivity contribution is 5.85. The lowest BCUT2D eigenvalue weighted by Crippen LogP contribution is -2.41. The van der Waals surface area contributed by atoms with Crippen molar-refractivity contribution in [3.63, 3.8) is 0 Å².